The molecule has 0 saturated carbocycles. The number of hydrogen-bond donors (Lipinski definition) is 2. The standard InChI is InChI=1S/C16H16N4/c1-3-12(10-17-7-1)16-19-14-6-5-11(9-15(14)20-16)13-4-2-8-18-13/h1,3,5-7,9-10,13,18H,2,4,8H2,(H,19,20). The van der Waals surface area contributed by atoms with E-state index in [9.17, 15) is 0 Å². The molecule has 1 saturated heterocycles. The van der Waals surface area contributed by atoms with Crippen LogP contribution in [0.3, 0.4) is 0 Å². The van der Waals surface area contributed by atoms with Gasteiger partial charge in [0.25, 0.3) is 0 Å². The van der Waals surface area contributed by atoms with Gasteiger partial charge in [0.05, 0.1) is 11.0 Å². The van der Waals surface area contributed by atoms with Gasteiger partial charge in [-0.2, -0.15) is 0 Å². The zero-order valence-electron chi connectivity index (χ0n) is 11.1. The number of nitrogens with zero attached hydrogens (tertiary/aromatic N) is 2. The summed E-state index contributed by atoms with van der Waals surface area (Å²) in [5.74, 6) is 0.879. The maximum atomic E-state index is 4.63. The molecule has 1 aliphatic rings. The Balaban J connectivity index is 1.76. The predicted octanol–water partition coefficient (Wildman–Crippen LogP) is 3.05. The first kappa shape index (κ1) is 11.6. The minimum absolute atomic E-state index is 0.490. The highest BCUT2D eigenvalue weighted by atomic mass is 14.9. The third kappa shape index (κ3) is 1.98. The molecule has 0 amide bonds. The van der Waals surface area contributed by atoms with Crippen LogP contribution in [-0.2, 0) is 0 Å². The van der Waals surface area contributed by atoms with Crippen molar-refractivity contribution in [1.82, 2.24) is 20.3 Å². The molecule has 0 aliphatic carbocycles. The van der Waals surface area contributed by atoms with Gasteiger partial charge in [-0.05, 0) is 49.2 Å². The maximum Gasteiger partial charge on any atom is 0.140 e. The zero-order valence-corrected chi connectivity index (χ0v) is 11.1. The van der Waals surface area contributed by atoms with Crippen molar-refractivity contribution in [2.24, 2.45) is 0 Å². The van der Waals surface area contributed by atoms with Crippen LogP contribution < -0.4 is 5.32 Å². The molecule has 3 heterocycles. The Morgan fingerprint density at radius 3 is 3.00 bits per heavy atom. The number of aromatic nitrogens is 3. The summed E-state index contributed by atoms with van der Waals surface area (Å²) in [6.45, 7) is 1.12. The van der Waals surface area contributed by atoms with Crippen molar-refractivity contribution < 1.29 is 0 Å². The van der Waals surface area contributed by atoms with E-state index in [1.165, 1.54) is 18.4 Å². The molecule has 1 fully saturated rings. The van der Waals surface area contributed by atoms with Gasteiger partial charge in [0.15, 0.2) is 0 Å². The Bertz CT molecular complexity index is 727. The topological polar surface area (TPSA) is 53.6 Å². The molecule has 0 radical (unpaired) electrons. The van der Waals surface area contributed by atoms with Crippen LogP contribution in [0, 0.1) is 0 Å². The number of nitrogens with one attached hydrogen (secondary N) is 2. The van der Waals surface area contributed by atoms with E-state index in [1.807, 2.05) is 18.3 Å². The van der Waals surface area contributed by atoms with Crippen LogP contribution in [0.15, 0.2) is 42.7 Å². The molecule has 1 unspecified atom stereocenters. The van der Waals surface area contributed by atoms with Crippen LogP contribution in [0.4, 0.5) is 0 Å². The number of hydrogen-bond acceptors (Lipinski definition) is 3. The fourth-order valence-electron chi connectivity index (χ4n) is 2.85. The van der Waals surface area contributed by atoms with Gasteiger partial charge >= 0.3 is 0 Å². The van der Waals surface area contributed by atoms with Gasteiger partial charge in [0.2, 0.25) is 0 Å². The molecule has 2 aromatic heterocycles. The van der Waals surface area contributed by atoms with Crippen molar-refractivity contribution in [3.63, 3.8) is 0 Å². The summed E-state index contributed by atoms with van der Waals surface area (Å²) in [7, 11) is 0. The Morgan fingerprint density at radius 1 is 1.20 bits per heavy atom. The molecule has 4 nitrogen and oxygen atoms in total. The van der Waals surface area contributed by atoms with E-state index in [1.54, 1.807) is 6.20 Å². The van der Waals surface area contributed by atoms with Gasteiger partial charge in [-0.25, -0.2) is 4.98 Å². The molecular formula is C16H16N4. The molecule has 0 spiro atoms. The molecule has 100 valence electrons. The summed E-state index contributed by atoms with van der Waals surface area (Å²) in [4.78, 5) is 12.2. The fourth-order valence-corrected chi connectivity index (χ4v) is 2.85. The van der Waals surface area contributed by atoms with E-state index < -0.39 is 0 Å². The molecule has 2 N–H and O–H groups in total. The number of benzene rings is 1. The molecule has 1 aromatic carbocycles. The first-order chi connectivity index (χ1) is 9.90. The minimum Gasteiger partial charge on any atom is -0.338 e. The molecular weight excluding hydrogens is 248 g/mol. The lowest BCUT2D eigenvalue weighted by molar-refractivity contribution is 0.648. The number of rotatable bonds is 2. The highest BCUT2D eigenvalue weighted by Gasteiger charge is 2.16. The van der Waals surface area contributed by atoms with Gasteiger partial charge < -0.3 is 10.3 Å². The molecule has 4 rings (SSSR count). The van der Waals surface area contributed by atoms with E-state index in [4.69, 9.17) is 0 Å². The number of fused-ring (bicyclic) bond motifs is 1. The highest BCUT2D eigenvalue weighted by Crippen LogP contribution is 2.27. The van der Waals surface area contributed by atoms with Gasteiger partial charge in [-0.1, -0.05) is 6.07 Å². The quantitative estimate of drug-likeness (QED) is 0.748. The van der Waals surface area contributed by atoms with Crippen molar-refractivity contribution in [2.45, 2.75) is 18.9 Å². The summed E-state index contributed by atoms with van der Waals surface area (Å²) >= 11 is 0. The summed E-state index contributed by atoms with van der Waals surface area (Å²) in [5.41, 5.74) is 4.46. The second kappa shape index (κ2) is 4.72. The molecule has 1 aliphatic heterocycles. The average molecular weight is 264 g/mol. The number of H-pyrrole nitrogens is 1. The van der Waals surface area contributed by atoms with E-state index in [2.05, 4.69) is 38.5 Å². The van der Waals surface area contributed by atoms with Crippen LogP contribution in [0.1, 0.15) is 24.4 Å². The van der Waals surface area contributed by atoms with E-state index in [0.29, 0.717) is 6.04 Å². The summed E-state index contributed by atoms with van der Waals surface area (Å²) in [5, 5.41) is 3.53. The van der Waals surface area contributed by atoms with Crippen LogP contribution >= 0.6 is 0 Å². The monoisotopic (exact) mass is 264 g/mol. The van der Waals surface area contributed by atoms with E-state index in [0.717, 1.165) is 29.0 Å². The Kier molecular flexibility index (Phi) is 2.74. The average Bonchev–Trinajstić information content (AvgIpc) is 3.16. The Hall–Kier alpha value is -2.20. The zero-order chi connectivity index (χ0) is 13.4. The molecule has 3 aromatic rings. The molecule has 4 heteroatoms. The normalized spacial score (nSPS) is 18.7. The van der Waals surface area contributed by atoms with Crippen molar-refractivity contribution >= 4 is 11.0 Å². The largest absolute Gasteiger partial charge is 0.338 e. The third-order valence-corrected chi connectivity index (χ3v) is 3.90. The number of imidazole rings is 1. The van der Waals surface area contributed by atoms with Gasteiger partial charge in [0.1, 0.15) is 5.82 Å². The SMILES string of the molecule is c1cncc(-c2nc3ccc(C4CCCN4)cc3[nH]2)c1. The molecule has 20 heavy (non-hydrogen) atoms. The predicted molar refractivity (Wildman–Crippen MR) is 79.3 cm³/mol. The van der Waals surface area contributed by atoms with E-state index >= 15 is 0 Å². The lowest BCUT2D eigenvalue weighted by Crippen LogP contribution is -2.12. The smallest absolute Gasteiger partial charge is 0.140 e. The maximum absolute atomic E-state index is 4.63. The Labute approximate surface area is 117 Å². The molecule has 1 atom stereocenters. The highest BCUT2D eigenvalue weighted by molar-refractivity contribution is 5.80. The summed E-state index contributed by atoms with van der Waals surface area (Å²) in [6.07, 6.45) is 6.08. The fraction of sp³-hybridized carbons (Fsp3) is 0.250. The summed E-state index contributed by atoms with van der Waals surface area (Å²) < 4.78 is 0. The molecule has 0 bridgehead atoms. The van der Waals surface area contributed by atoms with Crippen molar-refractivity contribution in [3.8, 4) is 11.4 Å². The van der Waals surface area contributed by atoms with E-state index in [-0.39, 0.29) is 0 Å². The lowest BCUT2D eigenvalue weighted by atomic mass is 10.1. The van der Waals surface area contributed by atoms with Crippen LogP contribution in [0.2, 0.25) is 0 Å². The van der Waals surface area contributed by atoms with Crippen LogP contribution in [-0.4, -0.2) is 21.5 Å². The van der Waals surface area contributed by atoms with Gasteiger partial charge in [-0.3, -0.25) is 4.98 Å². The minimum atomic E-state index is 0.490. The lowest BCUT2D eigenvalue weighted by Gasteiger charge is -2.09. The number of pyridine rings is 1. The van der Waals surface area contributed by atoms with Crippen molar-refractivity contribution in [1.29, 1.82) is 0 Å². The van der Waals surface area contributed by atoms with Gasteiger partial charge in [0, 0.05) is 24.0 Å². The third-order valence-electron chi connectivity index (χ3n) is 3.90. The first-order valence-electron chi connectivity index (χ1n) is 7.03. The van der Waals surface area contributed by atoms with Crippen molar-refractivity contribution in [3.05, 3.63) is 48.3 Å². The van der Waals surface area contributed by atoms with Crippen LogP contribution in [0.5, 0.6) is 0 Å². The second-order valence-corrected chi connectivity index (χ2v) is 5.25. The van der Waals surface area contributed by atoms with Gasteiger partial charge in [-0.15, -0.1) is 0 Å². The Morgan fingerprint density at radius 2 is 2.20 bits per heavy atom. The van der Waals surface area contributed by atoms with Crippen molar-refractivity contribution in [2.75, 3.05) is 6.54 Å². The second-order valence-electron chi connectivity index (χ2n) is 5.25. The summed E-state index contributed by atoms with van der Waals surface area (Å²) in [6, 6.07) is 10.9. The first-order valence-corrected chi connectivity index (χ1v) is 7.03. The number of aromatic amines is 1. The van der Waals surface area contributed by atoms with Crippen LogP contribution in [0.25, 0.3) is 22.4 Å².